The molecule has 118 valence electrons. The monoisotopic (exact) mass is 340 g/mol. The van der Waals surface area contributed by atoms with E-state index in [9.17, 15) is 13.2 Å². The lowest BCUT2D eigenvalue weighted by Gasteiger charge is -2.13. The molecular formula is C14H16N2O4S2. The molecule has 1 heterocycles. The third-order valence-electron chi connectivity index (χ3n) is 2.95. The lowest BCUT2D eigenvalue weighted by atomic mass is 10.1. The van der Waals surface area contributed by atoms with E-state index in [0.29, 0.717) is 5.69 Å². The average Bonchev–Trinajstić information content (AvgIpc) is 3.03. The molecule has 1 aromatic carbocycles. The van der Waals surface area contributed by atoms with Gasteiger partial charge in [-0.3, -0.25) is 14.4 Å². The fourth-order valence-electron chi connectivity index (χ4n) is 1.70. The van der Waals surface area contributed by atoms with Crippen LogP contribution in [0.5, 0.6) is 0 Å². The Kier molecular flexibility index (Phi) is 5.17. The molecule has 0 aliphatic rings. The number of likely N-dealkylation sites (N-methyl/N-ethyl adjacent to an activating group) is 1. The molecule has 0 atom stereocenters. The number of amides is 1. The van der Waals surface area contributed by atoms with Crippen LogP contribution in [0, 0.1) is 0 Å². The molecule has 2 aromatic rings. The first kappa shape index (κ1) is 16.5. The molecule has 0 spiro atoms. The molecule has 0 saturated carbocycles. The van der Waals surface area contributed by atoms with Gasteiger partial charge in [0.1, 0.15) is 4.21 Å². The maximum Gasteiger partial charge on any atom is 0.271 e. The van der Waals surface area contributed by atoms with Crippen LogP contribution in [0.3, 0.4) is 0 Å². The van der Waals surface area contributed by atoms with Crippen molar-refractivity contribution >= 4 is 33.0 Å². The van der Waals surface area contributed by atoms with Gasteiger partial charge in [-0.2, -0.15) is 0 Å². The molecule has 1 amide bonds. The molecule has 0 fully saturated rings. The van der Waals surface area contributed by atoms with Gasteiger partial charge < -0.3 is 0 Å². The van der Waals surface area contributed by atoms with Crippen LogP contribution in [-0.2, 0) is 26.1 Å². The van der Waals surface area contributed by atoms with Gasteiger partial charge in [-0.1, -0.05) is 18.2 Å². The van der Waals surface area contributed by atoms with E-state index in [1.54, 1.807) is 41.8 Å². The first-order valence-corrected chi connectivity index (χ1v) is 8.74. The predicted molar refractivity (Wildman–Crippen MR) is 85.1 cm³/mol. The molecule has 0 radical (unpaired) electrons. The van der Waals surface area contributed by atoms with Crippen molar-refractivity contribution in [3.05, 3.63) is 47.3 Å². The van der Waals surface area contributed by atoms with Crippen molar-refractivity contribution in [2.75, 3.05) is 18.9 Å². The van der Waals surface area contributed by atoms with Crippen molar-refractivity contribution in [1.29, 1.82) is 0 Å². The van der Waals surface area contributed by atoms with Crippen LogP contribution >= 0.6 is 11.3 Å². The quantitative estimate of drug-likeness (QED) is 0.817. The number of carbonyl (C=O) groups is 1. The van der Waals surface area contributed by atoms with E-state index in [2.05, 4.69) is 4.72 Å². The van der Waals surface area contributed by atoms with Crippen LogP contribution in [0.2, 0.25) is 0 Å². The first-order valence-electron chi connectivity index (χ1n) is 6.38. The number of rotatable bonds is 6. The summed E-state index contributed by atoms with van der Waals surface area (Å²) in [5.41, 5.74) is 1.22. The molecule has 0 aliphatic carbocycles. The fourth-order valence-corrected chi connectivity index (χ4v) is 3.75. The Labute approximate surface area is 133 Å². The van der Waals surface area contributed by atoms with E-state index >= 15 is 0 Å². The summed E-state index contributed by atoms with van der Waals surface area (Å²) in [5.74, 6) is -0.186. The number of hydrogen-bond donors (Lipinski definition) is 1. The minimum atomic E-state index is -3.55. The maximum atomic E-state index is 12.1. The number of nitrogens with zero attached hydrogens (tertiary/aromatic N) is 1. The second kappa shape index (κ2) is 6.91. The van der Waals surface area contributed by atoms with Gasteiger partial charge >= 0.3 is 0 Å². The Morgan fingerprint density at radius 1 is 1.27 bits per heavy atom. The summed E-state index contributed by atoms with van der Waals surface area (Å²) >= 11 is 1.15. The lowest BCUT2D eigenvalue weighted by Crippen LogP contribution is -2.26. The molecule has 6 nitrogen and oxygen atoms in total. The molecule has 1 aromatic heterocycles. The molecule has 8 heteroatoms. The molecule has 0 saturated heterocycles. The number of sulfonamides is 1. The maximum absolute atomic E-state index is 12.1. The summed E-state index contributed by atoms with van der Waals surface area (Å²) in [6.07, 6.45) is 0.183. The van der Waals surface area contributed by atoms with Gasteiger partial charge in [0.25, 0.3) is 10.0 Å². The third kappa shape index (κ3) is 4.06. The smallest absolute Gasteiger partial charge is 0.271 e. The predicted octanol–water partition coefficient (Wildman–Crippen LogP) is 2.11. The van der Waals surface area contributed by atoms with Crippen LogP contribution in [0.4, 0.5) is 5.69 Å². The Balaban J connectivity index is 2.05. The van der Waals surface area contributed by atoms with Crippen LogP contribution in [-0.4, -0.2) is 33.5 Å². The normalized spacial score (nSPS) is 11.2. The van der Waals surface area contributed by atoms with Crippen molar-refractivity contribution in [1.82, 2.24) is 5.06 Å². The van der Waals surface area contributed by atoms with Gasteiger partial charge in [0, 0.05) is 12.7 Å². The summed E-state index contributed by atoms with van der Waals surface area (Å²) in [7, 11) is -0.599. The van der Waals surface area contributed by atoms with Crippen molar-refractivity contribution in [2.24, 2.45) is 0 Å². The van der Waals surface area contributed by atoms with Crippen LogP contribution < -0.4 is 4.72 Å². The SMILES string of the molecule is CON(C)C(=O)Cc1ccc(NS(=O)(=O)c2cccs2)cc1. The second-order valence-electron chi connectivity index (χ2n) is 4.49. The van der Waals surface area contributed by atoms with Crippen LogP contribution in [0.1, 0.15) is 5.56 Å². The number of nitrogens with one attached hydrogen (secondary N) is 1. The minimum absolute atomic E-state index is 0.183. The topological polar surface area (TPSA) is 75.7 Å². The zero-order valence-corrected chi connectivity index (χ0v) is 13.8. The minimum Gasteiger partial charge on any atom is -0.279 e. The van der Waals surface area contributed by atoms with Gasteiger partial charge in [-0.15, -0.1) is 11.3 Å². The van der Waals surface area contributed by atoms with E-state index in [-0.39, 0.29) is 16.5 Å². The molecule has 2 rings (SSSR count). The highest BCUT2D eigenvalue weighted by molar-refractivity contribution is 7.94. The number of hydroxylamine groups is 2. The highest BCUT2D eigenvalue weighted by Gasteiger charge is 2.15. The van der Waals surface area contributed by atoms with E-state index in [1.807, 2.05) is 0 Å². The largest absolute Gasteiger partial charge is 0.279 e. The van der Waals surface area contributed by atoms with Gasteiger partial charge in [-0.05, 0) is 29.1 Å². The molecule has 22 heavy (non-hydrogen) atoms. The van der Waals surface area contributed by atoms with Gasteiger partial charge in [0.2, 0.25) is 5.91 Å². The second-order valence-corrected chi connectivity index (χ2v) is 7.34. The highest BCUT2D eigenvalue weighted by Crippen LogP contribution is 2.20. The zero-order valence-electron chi connectivity index (χ0n) is 12.1. The van der Waals surface area contributed by atoms with Crippen LogP contribution in [0.15, 0.2) is 46.0 Å². The van der Waals surface area contributed by atoms with Crippen molar-refractivity contribution in [3.63, 3.8) is 0 Å². The molecule has 0 aliphatic heterocycles. The standard InChI is InChI=1S/C14H16N2O4S2/c1-16(20-2)13(17)10-11-5-7-12(8-6-11)15-22(18,19)14-4-3-9-21-14/h3-9,15H,10H2,1-2H3. The first-order chi connectivity index (χ1) is 10.4. The zero-order chi connectivity index (χ0) is 16.2. The number of benzene rings is 1. The van der Waals surface area contributed by atoms with Crippen molar-refractivity contribution in [2.45, 2.75) is 10.6 Å². The average molecular weight is 340 g/mol. The van der Waals surface area contributed by atoms with E-state index < -0.39 is 10.0 Å². The molecule has 0 bridgehead atoms. The lowest BCUT2D eigenvalue weighted by molar-refractivity contribution is -0.167. The van der Waals surface area contributed by atoms with E-state index in [0.717, 1.165) is 22.0 Å². The Morgan fingerprint density at radius 3 is 2.50 bits per heavy atom. The van der Waals surface area contributed by atoms with E-state index in [4.69, 9.17) is 4.84 Å². The number of thiophene rings is 1. The van der Waals surface area contributed by atoms with Gasteiger partial charge in [-0.25, -0.2) is 13.5 Å². The van der Waals surface area contributed by atoms with Crippen molar-refractivity contribution < 1.29 is 18.0 Å². The van der Waals surface area contributed by atoms with E-state index in [1.165, 1.54) is 14.2 Å². The molecule has 0 unspecified atom stereocenters. The van der Waals surface area contributed by atoms with Crippen molar-refractivity contribution in [3.8, 4) is 0 Å². The van der Waals surface area contributed by atoms with Gasteiger partial charge in [0.15, 0.2) is 0 Å². The van der Waals surface area contributed by atoms with Gasteiger partial charge in [0.05, 0.1) is 13.5 Å². The third-order valence-corrected chi connectivity index (χ3v) is 5.73. The molecular weight excluding hydrogens is 324 g/mol. The Hall–Kier alpha value is -1.90. The summed E-state index contributed by atoms with van der Waals surface area (Å²) in [4.78, 5) is 16.5. The Bertz CT molecular complexity index is 725. The number of anilines is 1. The fraction of sp³-hybridized carbons (Fsp3) is 0.214. The summed E-state index contributed by atoms with van der Waals surface area (Å²) in [6, 6.07) is 9.88. The molecule has 1 N–H and O–H groups in total. The summed E-state index contributed by atoms with van der Waals surface area (Å²) < 4.78 is 26.9. The highest BCUT2D eigenvalue weighted by atomic mass is 32.2. The summed E-state index contributed by atoms with van der Waals surface area (Å²) in [5, 5.41) is 2.85. The summed E-state index contributed by atoms with van der Waals surface area (Å²) in [6.45, 7) is 0. The van der Waals surface area contributed by atoms with Crippen LogP contribution in [0.25, 0.3) is 0 Å². The Morgan fingerprint density at radius 2 is 1.95 bits per heavy atom. The number of hydrogen-bond acceptors (Lipinski definition) is 5. The number of carbonyl (C=O) groups excluding carboxylic acids is 1.